The van der Waals surface area contributed by atoms with E-state index in [1.165, 1.54) is 9.80 Å². The maximum atomic E-state index is 12.9. The number of anilines is 1. The van der Waals surface area contributed by atoms with E-state index in [0.717, 1.165) is 22.2 Å². The molecule has 1 amide bonds. The van der Waals surface area contributed by atoms with Gasteiger partial charge < -0.3 is 19.6 Å². The highest BCUT2D eigenvalue weighted by molar-refractivity contribution is 7.80. The molecule has 1 saturated heterocycles. The highest BCUT2D eigenvalue weighted by Gasteiger charge is 2.38. The van der Waals surface area contributed by atoms with E-state index in [9.17, 15) is 14.7 Å². The summed E-state index contributed by atoms with van der Waals surface area (Å²) in [6.07, 6.45) is 4.79. The van der Waals surface area contributed by atoms with Crippen LogP contribution < -0.4 is 9.64 Å². The molecule has 0 unspecified atom stereocenters. The zero-order valence-electron chi connectivity index (χ0n) is 16.9. The van der Waals surface area contributed by atoms with Gasteiger partial charge in [-0.3, -0.25) is 14.5 Å². The number of carbonyl (C=O) groups is 2. The van der Waals surface area contributed by atoms with Crippen molar-refractivity contribution in [1.29, 1.82) is 0 Å². The third kappa shape index (κ3) is 3.55. The smallest absolute Gasteiger partial charge is 0.323 e. The standard InChI is InChI=1S/C23H21N3O4S/c1-3-13-25-22(29)17(26(23(25)31)14-20(27)28)10-12-19-24(4-2)21-16-8-6-5-7-15(16)9-11-18(21)30-19/h3,5-12H,1,4,13-14H2,2H3,(H,27,28)/b17-10+,19-12-. The molecule has 7 nitrogen and oxygen atoms in total. The Balaban J connectivity index is 1.73. The number of amides is 1. The van der Waals surface area contributed by atoms with Gasteiger partial charge in [0, 0.05) is 24.6 Å². The lowest BCUT2D eigenvalue weighted by Gasteiger charge is -2.18. The molecule has 0 bridgehead atoms. The van der Waals surface area contributed by atoms with Gasteiger partial charge in [0.05, 0.1) is 5.69 Å². The Morgan fingerprint density at radius 1 is 1.16 bits per heavy atom. The van der Waals surface area contributed by atoms with Crippen LogP contribution in [0.1, 0.15) is 6.92 Å². The normalized spacial score (nSPS) is 18.3. The number of fused-ring (bicyclic) bond motifs is 3. The number of carboxylic acid groups (broad SMARTS) is 1. The Labute approximate surface area is 185 Å². The van der Waals surface area contributed by atoms with Crippen LogP contribution in [0, 0.1) is 0 Å². The molecule has 2 aliphatic heterocycles. The summed E-state index contributed by atoms with van der Waals surface area (Å²) in [5.41, 5.74) is 1.15. The van der Waals surface area contributed by atoms with Gasteiger partial charge in [-0.15, -0.1) is 6.58 Å². The number of carboxylic acids is 1. The summed E-state index contributed by atoms with van der Waals surface area (Å²) in [6, 6.07) is 12.0. The van der Waals surface area contributed by atoms with Crippen LogP contribution in [0.5, 0.6) is 5.75 Å². The van der Waals surface area contributed by atoms with Crippen molar-refractivity contribution >= 4 is 45.7 Å². The first kappa shape index (κ1) is 20.6. The molecule has 0 saturated carbocycles. The van der Waals surface area contributed by atoms with E-state index in [2.05, 4.69) is 6.58 Å². The van der Waals surface area contributed by atoms with E-state index in [4.69, 9.17) is 17.0 Å². The fourth-order valence-corrected chi connectivity index (χ4v) is 4.11. The Morgan fingerprint density at radius 2 is 1.94 bits per heavy atom. The molecule has 0 spiro atoms. The van der Waals surface area contributed by atoms with Gasteiger partial charge in [0.1, 0.15) is 12.2 Å². The van der Waals surface area contributed by atoms with Crippen molar-refractivity contribution in [3.8, 4) is 5.75 Å². The molecule has 31 heavy (non-hydrogen) atoms. The molecule has 0 aliphatic carbocycles. The number of thiocarbonyl (C=S) groups is 1. The fourth-order valence-electron chi connectivity index (χ4n) is 3.79. The molecular weight excluding hydrogens is 414 g/mol. The topological polar surface area (TPSA) is 73.3 Å². The molecule has 4 rings (SSSR count). The molecule has 0 atom stereocenters. The Kier molecular flexibility index (Phi) is 5.48. The van der Waals surface area contributed by atoms with E-state index >= 15 is 0 Å². The number of allylic oxidation sites excluding steroid dienone is 2. The minimum Gasteiger partial charge on any atom is -0.480 e. The van der Waals surface area contributed by atoms with Crippen LogP contribution in [-0.4, -0.2) is 51.5 Å². The average molecular weight is 436 g/mol. The lowest BCUT2D eigenvalue weighted by molar-refractivity contribution is -0.137. The van der Waals surface area contributed by atoms with E-state index in [-0.39, 0.29) is 23.3 Å². The monoisotopic (exact) mass is 435 g/mol. The number of ether oxygens (including phenoxy) is 1. The molecule has 0 aromatic heterocycles. The number of nitrogens with zero attached hydrogens (tertiary/aromatic N) is 3. The molecule has 2 aromatic rings. The molecule has 2 aliphatic rings. The van der Waals surface area contributed by atoms with Crippen LogP contribution in [0.3, 0.4) is 0 Å². The predicted octanol–water partition coefficient (Wildman–Crippen LogP) is 3.48. The number of aliphatic carboxylic acids is 1. The zero-order chi connectivity index (χ0) is 22.1. The van der Waals surface area contributed by atoms with Gasteiger partial charge in [-0.1, -0.05) is 36.4 Å². The van der Waals surface area contributed by atoms with Crippen molar-refractivity contribution < 1.29 is 19.4 Å². The Hall–Kier alpha value is -3.65. The van der Waals surface area contributed by atoms with Crippen LogP contribution in [0.2, 0.25) is 0 Å². The quantitative estimate of drug-likeness (QED) is 0.423. The summed E-state index contributed by atoms with van der Waals surface area (Å²) in [5, 5.41) is 11.6. The highest BCUT2D eigenvalue weighted by Crippen LogP contribution is 2.44. The number of carbonyl (C=O) groups excluding carboxylic acids is 1. The maximum Gasteiger partial charge on any atom is 0.323 e. The largest absolute Gasteiger partial charge is 0.480 e. The second-order valence-electron chi connectivity index (χ2n) is 7.00. The average Bonchev–Trinajstić information content (AvgIpc) is 3.22. The summed E-state index contributed by atoms with van der Waals surface area (Å²) in [5.74, 6) is -0.168. The lowest BCUT2D eigenvalue weighted by atomic mass is 10.1. The molecule has 2 heterocycles. The minimum absolute atomic E-state index is 0.144. The van der Waals surface area contributed by atoms with E-state index in [0.29, 0.717) is 12.4 Å². The van der Waals surface area contributed by atoms with Crippen molar-refractivity contribution in [2.45, 2.75) is 6.92 Å². The SMILES string of the molecule is C=CCN1C(=O)/C(=C\C=C2/Oc3ccc4ccccc4c3N2CC)N(CC(=O)O)C1=S. The molecular formula is C23H21N3O4S. The van der Waals surface area contributed by atoms with Gasteiger partial charge >= 0.3 is 5.97 Å². The lowest BCUT2D eigenvalue weighted by Crippen LogP contribution is -2.35. The molecule has 1 fully saturated rings. The van der Waals surface area contributed by atoms with Crippen LogP contribution in [-0.2, 0) is 9.59 Å². The fraction of sp³-hybridized carbons (Fsp3) is 0.174. The Bertz CT molecular complexity index is 1170. The van der Waals surface area contributed by atoms with Gasteiger partial charge in [0.2, 0.25) is 5.88 Å². The van der Waals surface area contributed by atoms with Crippen LogP contribution in [0.4, 0.5) is 5.69 Å². The first-order valence-electron chi connectivity index (χ1n) is 9.81. The van der Waals surface area contributed by atoms with E-state index in [1.807, 2.05) is 48.2 Å². The number of hydrogen-bond acceptors (Lipinski definition) is 5. The molecule has 1 N–H and O–H groups in total. The second kappa shape index (κ2) is 8.23. The molecule has 158 valence electrons. The minimum atomic E-state index is -1.08. The maximum absolute atomic E-state index is 12.9. The van der Waals surface area contributed by atoms with Crippen LogP contribution in [0.25, 0.3) is 10.8 Å². The van der Waals surface area contributed by atoms with E-state index in [1.54, 1.807) is 18.2 Å². The van der Waals surface area contributed by atoms with E-state index < -0.39 is 12.5 Å². The van der Waals surface area contributed by atoms with Gasteiger partial charge in [-0.2, -0.15) is 0 Å². The van der Waals surface area contributed by atoms with Gasteiger partial charge in [-0.25, -0.2) is 0 Å². The van der Waals surface area contributed by atoms with Crippen molar-refractivity contribution in [2.75, 3.05) is 24.5 Å². The number of hydrogen-bond donors (Lipinski definition) is 1. The van der Waals surface area contributed by atoms with Crippen LogP contribution >= 0.6 is 12.2 Å². The molecule has 2 aromatic carbocycles. The van der Waals surface area contributed by atoms with Gasteiger partial charge in [-0.05, 0) is 36.7 Å². The highest BCUT2D eigenvalue weighted by atomic mass is 32.1. The van der Waals surface area contributed by atoms with Gasteiger partial charge in [0.25, 0.3) is 5.91 Å². The third-order valence-electron chi connectivity index (χ3n) is 5.14. The summed E-state index contributed by atoms with van der Waals surface area (Å²) in [4.78, 5) is 28.8. The zero-order valence-corrected chi connectivity index (χ0v) is 17.8. The van der Waals surface area contributed by atoms with Crippen LogP contribution in [0.15, 0.2) is 72.8 Å². The third-order valence-corrected chi connectivity index (χ3v) is 5.58. The number of benzene rings is 2. The molecule has 8 heteroatoms. The number of rotatable bonds is 6. The van der Waals surface area contributed by atoms with Gasteiger partial charge in [0.15, 0.2) is 10.9 Å². The first-order chi connectivity index (χ1) is 15.0. The van der Waals surface area contributed by atoms with Crippen molar-refractivity contribution in [3.05, 3.63) is 72.8 Å². The second-order valence-corrected chi connectivity index (χ2v) is 7.37. The summed E-state index contributed by atoms with van der Waals surface area (Å²) in [6.45, 7) is 6.10. The predicted molar refractivity (Wildman–Crippen MR) is 123 cm³/mol. The summed E-state index contributed by atoms with van der Waals surface area (Å²) < 4.78 is 6.06. The Morgan fingerprint density at radius 3 is 2.65 bits per heavy atom. The van der Waals surface area contributed by atoms with Crippen molar-refractivity contribution in [3.63, 3.8) is 0 Å². The summed E-state index contributed by atoms with van der Waals surface area (Å²) in [7, 11) is 0. The van der Waals surface area contributed by atoms with Crippen molar-refractivity contribution in [2.24, 2.45) is 0 Å². The first-order valence-corrected chi connectivity index (χ1v) is 10.2. The van der Waals surface area contributed by atoms with Crippen molar-refractivity contribution in [1.82, 2.24) is 9.80 Å². The summed E-state index contributed by atoms with van der Waals surface area (Å²) >= 11 is 5.32. The molecule has 0 radical (unpaired) electrons.